The van der Waals surface area contributed by atoms with E-state index in [9.17, 15) is 19.2 Å². The Morgan fingerprint density at radius 1 is 1.24 bits per heavy atom. The second-order valence-electron chi connectivity index (χ2n) is 5.66. The molecule has 1 aliphatic rings. The van der Waals surface area contributed by atoms with Gasteiger partial charge in [-0.1, -0.05) is 0 Å². The van der Waals surface area contributed by atoms with E-state index in [1.54, 1.807) is 0 Å². The van der Waals surface area contributed by atoms with E-state index < -0.39 is 24.3 Å². The predicted molar refractivity (Wildman–Crippen MR) is 91.0 cm³/mol. The van der Waals surface area contributed by atoms with Crippen molar-refractivity contribution in [3.63, 3.8) is 0 Å². The minimum absolute atomic E-state index is 0.165. The number of ether oxygens (including phenoxy) is 1. The molecule has 1 amide bonds. The smallest absolute Gasteiger partial charge is 0.338 e. The Labute approximate surface area is 148 Å². The zero-order valence-electron chi connectivity index (χ0n) is 13.3. The van der Waals surface area contributed by atoms with Crippen LogP contribution in [-0.2, 0) is 22.4 Å². The number of carbonyl (C=O) groups excluding carboxylic acids is 2. The Kier molecular flexibility index (Phi) is 5.10. The summed E-state index contributed by atoms with van der Waals surface area (Å²) in [6.45, 7) is -0.469. The van der Waals surface area contributed by atoms with Crippen LogP contribution in [-0.4, -0.2) is 18.5 Å². The van der Waals surface area contributed by atoms with Crippen LogP contribution >= 0.6 is 11.3 Å². The number of benzene rings is 1. The first-order valence-electron chi connectivity index (χ1n) is 7.85. The molecule has 3 rings (SSSR count). The van der Waals surface area contributed by atoms with Crippen LogP contribution in [0.25, 0.3) is 0 Å². The normalized spacial score (nSPS) is 12.8. The van der Waals surface area contributed by atoms with E-state index in [0.29, 0.717) is 10.6 Å². The Morgan fingerprint density at radius 2 is 1.96 bits per heavy atom. The average molecular weight is 358 g/mol. The molecule has 0 fully saturated rings. The average Bonchev–Trinajstić information content (AvgIpc) is 2.97. The summed E-state index contributed by atoms with van der Waals surface area (Å²) in [5.41, 5.74) is 1.70. The van der Waals surface area contributed by atoms with Gasteiger partial charge in [0.15, 0.2) is 6.61 Å². The van der Waals surface area contributed by atoms with Gasteiger partial charge in [-0.25, -0.2) is 9.18 Å². The van der Waals surface area contributed by atoms with Gasteiger partial charge in [0.25, 0.3) is 5.91 Å². The molecular formula is C18H15FN2O3S. The van der Waals surface area contributed by atoms with E-state index >= 15 is 0 Å². The maximum atomic E-state index is 12.8. The molecule has 1 N–H and O–H groups in total. The Hall–Kier alpha value is -2.72. The van der Waals surface area contributed by atoms with Crippen molar-refractivity contribution in [2.75, 3.05) is 11.9 Å². The van der Waals surface area contributed by atoms with Gasteiger partial charge in [0.05, 0.1) is 11.1 Å². The highest BCUT2D eigenvalue weighted by molar-refractivity contribution is 7.16. The number of aryl methyl sites for hydroxylation is 1. The minimum Gasteiger partial charge on any atom is -0.452 e. The van der Waals surface area contributed by atoms with E-state index in [2.05, 4.69) is 11.4 Å². The van der Waals surface area contributed by atoms with E-state index in [0.717, 1.165) is 48.3 Å². The highest BCUT2D eigenvalue weighted by Gasteiger charge is 2.22. The van der Waals surface area contributed by atoms with E-state index in [-0.39, 0.29) is 5.56 Å². The fourth-order valence-corrected chi connectivity index (χ4v) is 3.99. The number of nitrogens with zero attached hydrogens (tertiary/aromatic N) is 1. The predicted octanol–water partition coefficient (Wildman–Crippen LogP) is 3.43. The SMILES string of the molecule is N#Cc1c(NC(=O)COC(=O)c2ccc(F)cc2)sc2c1CCCC2. The summed E-state index contributed by atoms with van der Waals surface area (Å²) in [7, 11) is 0. The Bertz CT molecular complexity index is 852. The number of nitrogens with one attached hydrogen (secondary N) is 1. The van der Waals surface area contributed by atoms with Gasteiger partial charge in [-0.05, 0) is 55.5 Å². The third-order valence-corrected chi connectivity index (χ3v) is 5.16. The maximum absolute atomic E-state index is 12.8. The summed E-state index contributed by atoms with van der Waals surface area (Å²) in [6, 6.07) is 7.02. The van der Waals surface area contributed by atoms with Gasteiger partial charge in [0.1, 0.15) is 16.9 Å². The van der Waals surface area contributed by atoms with Crippen LogP contribution in [0.3, 0.4) is 0 Å². The third kappa shape index (κ3) is 3.86. The standard InChI is InChI=1S/C18H15FN2O3S/c19-12-7-5-11(6-8-12)18(23)24-10-16(22)21-17-14(9-20)13-3-1-2-4-15(13)25-17/h5-8H,1-4,10H2,(H,21,22). The van der Waals surface area contributed by atoms with E-state index in [1.165, 1.54) is 23.5 Å². The van der Waals surface area contributed by atoms with Crippen molar-refractivity contribution >= 4 is 28.2 Å². The second-order valence-corrected chi connectivity index (χ2v) is 6.76. The molecule has 0 unspecified atom stereocenters. The van der Waals surface area contributed by atoms with E-state index in [1.807, 2.05) is 0 Å². The van der Waals surface area contributed by atoms with Gasteiger partial charge in [-0.3, -0.25) is 4.79 Å². The quantitative estimate of drug-likeness (QED) is 0.849. The molecule has 1 aromatic heterocycles. The topological polar surface area (TPSA) is 79.2 Å². The number of carbonyl (C=O) groups is 2. The fourth-order valence-electron chi connectivity index (χ4n) is 2.74. The van der Waals surface area contributed by atoms with Gasteiger partial charge in [0, 0.05) is 4.88 Å². The molecule has 1 aromatic carbocycles. The highest BCUT2D eigenvalue weighted by atomic mass is 32.1. The number of hydrogen-bond acceptors (Lipinski definition) is 5. The number of halogens is 1. The van der Waals surface area contributed by atoms with Gasteiger partial charge in [-0.15, -0.1) is 11.3 Å². The number of amides is 1. The van der Waals surface area contributed by atoms with Crippen LogP contribution < -0.4 is 5.32 Å². The molecule has 128 valence electrons. The molecule has 0 saturated heterocycles. The lowest BCUT2D eigenvalue weighted by Crippen LogP contribution is -2.20. The second kappa shape index (κ2) is 7.45. The summed E-state index contributed by atoms with van der Waals surface area (Å²) in [6.07, 6.45) is 3.90. The van der Waals surface area contributed by atoms with Crippen molar-refractivity contribution in [3.05, 3.63) is 51.7 Å². The highest BCUT2D eigenvalue weighted by Crippen LogP contribution is 2.37. The van der Waals surface area contributed by atoms with Crippen LogP contribution in [0.5, 0.6) is 0 Å². The number of anilines is 1. The number of fused-ring (bicyclic) bond motifs is 1. The van der Waals surface area contributed by atoms with Crippen molar-refractivity contribution in [1.82, 2.24) is 0 Å². The van der Waals surface area contributed by atoms with E-state index in [4.69, 9.17) is 4.74 Å². The molecule has 2 aromatic rings. The van der Waals surface area contributed by atoms with Gasteiger partial charge in [0.2, 0.25) is 0 Å². The van der Waals surface area contributed by atoms with Crippen molar-refractivity contribution in [1.29, 1.82) is 5.26 Å². The van der Waals surface area contributed by atoms with Crippen molar-refractivity contribution in [2.45, 2.75) is 25.7 Å². The molecule has 0 atom stereocenters. The van der Waals surface area contributed by atoms with Crippen LogP contribution in [0.2, 0.25) is 0 Å². The molecule has 0 saturated carbocycles. The monoisotopic (exact) mass is 358 g/mol. The molecule has 25 heavy (non-hydrogen) atoms. The lowest BCUT2D eigenvalue weighted by atomic mass is 9.96. The molecular weight excluding hydrogens is 343 g/mol. The Morgan fingerprint density at radius 3 is 2.68 bits per heavy atom. The van der Waals surface area contributed by atoms with Gasteiger partial charge in [-0.2, -0.15) is 5.26 Å². The van der Waals surface area contributed by atoms with Crippen molar-refractivity contribution in [2.24, 2.45) is 0 Å². The first-order chi connectivity index (χ1) is 12.1. The summed E-state index contributed by atoms with van der Waals surface area (Å²) in [5, 5.41) is 12.5. The lowest BCUT2D eigenvalue weighted by Gasteiger charge is -2.09. The summed E-state index contributed by atoms with van der Waals surface area (Å²) >= 11 is 1.41. The maximum Gasteiger partial charge on any atom is 0.338 e. The number of rotatable bonds is 4. The molecule has 5 nitrogen and oxygen atoms in total. The molecule has 0 bridgehead atoms. The first-order valence-corrected chi connectivity index (χ1v) is 8.67. The first kappa shape index (κ1) is 17.1. The van der Waals surface area contributed by atoms with Crippen LogP contribution in [0.1, 0.15) is 39.2 Å². The summed E-state index contributed by atoms with van der Waals surface area (Å²) < 4.78 is 17.8. The summed E-state index contributed by atoms with van der Waals surface area (Å²) in [4.78, 5) is 25.0. The Balaban J connectivity index is 1.61. The molecule has 0 radical (unpaired) electrons. The number of esters is 1. The lowest BCUT2D eigenvalue weighted by molar-refractivity contribution is -0.119. The zero-order valence-corrected chi connectivity index (χ0v) is 14.1. The number of hydrogen-bond donors (Lipinski definition) is 1. The van der Waals surface area contributed by atoms with Crippen LogP contribution in [0.15, 0.2) is 24.3 Å². The minimum atomic E-state index is -0.707. The third-order valence-electron chi connectivity index (χ3n) is 3.95. The zero-order chi connectivity index (χ0) is 17.8. The van der Waals surface area contributed by atoms with Crippen LogP contribution in [0, 0.1) is 17.1 Å². The fraction of sp³-hybridized carbons (Fsp3) is 0.278. The summed E-state index contributed by atoms with van der Waals surface area (Å²) in [5.74, 6) is -1.67. The molecule has 1 heterocycles. The van der Waals surface area contributed by atoms with Crippen molar-refractivity contribution in [3.8, 4) is 6.07 Å². The molecule has 7 heteroatoms. The van der Waals surface area contributed by atoms with Crippen molar-refractivity contribution < 1.29 is 18.7 Å². The number of nitriles is 1. The molecule has 0 aliphatic heterocycles. The molecule has 0 spiro atoms. The largest absolute Gasteiger partial charge is 0.452 e. The van der Waals surface area contributed by atoms with Crippen LogP contribution in [0.4, 0.5) is 9.39 Å². The van der Waals surface area contributed by atoms with Gasteiger partial charge < -0.3 is 10.1 Å². The number of thiophene rings is 1. The molecule has 1 aliphatic carbocycles. The van der Waals surface area contributed by atoms with Gasteiger partial charge >= 0.3 is 5.97 Å².